The molecule has 0 aromatic carbocycles. The molecule has 2 nitrogen and oxygen atoms in total. The van der Waals surface area contributed by atoms with E-state index in [-0.39, 0.29) is 0 Å². The first-order chi connectivity index (χ1) is 7.24. The van der Waals surface area contributed by atoms with Crippen molar-refractivity contribution >= 4 is 17.6 Å². The van der Waals surface area contributed by atoms with Gasteiger partial charge in [0.1, 0.15) is 5.82 Å². The second-order valence-electron chi connectivity index (χ2n) is 3.70. The van der Waals surface area contributed by atoms with E-state index in [1.54, 1.807) is 0 Å². The molecule has 0 aliphatic heterocycles. The number of pyridine rings is 1. The predicted octanol–water partition coefficient (Wildman–Crippen LogP) is 3.33. The molecule has 0 radical (unpaired) electrons. The van der Waals surface area contributed by atoms with Gasteiger partial charge in [-0.2, -0.15) is 11.8 Å². The number of nitrogens with zero attached hydrogens (tertiary/aromatic N) is 1. The molecule has 1 heterocycles. The molecule has 0 fully saturated rings. The SMILES string of the molecule is CCSCCC(C)Nc1ncccc1C. The van der Waals surface area contributed by atoms with Crippen LogP contribution in [-0.4, -0.2) is 22.5 Å². The normalized spacial score (nSPS) is 12.5. The van der Waals surface area contributed by atoms with Gasteiger partial charge in [-0.15, -0.1) is 0 Å². The van der Waals surface area contributed by atoms with Crippen LogP contribution >= 0.6 is 11.8 Å². The van der Waals surface area contributed by atoms with Gasteiger partial charge in [0.2, 0.25) is 0 Å². The standard InChI is InChI=1S/C12H20N2S/c1-4-15-9-7-11(3)14-12-10(2)6-5-8-13-12/h5-6,8,11H,4,7,9H2,1-3H3,(H,13,14). The fraction of sp³-hybridized carbons (Fsp3) is 0.583. The van der Waals surface area contributed by atoms with Gasteiger partial charge < -0.3 is 5.32 Å². The van der Waals surface area contributed by atoms with Crippen molar-refractivity contribution in [2.75, 3.05) is 16.8 Å². The van der Waals surface area contributed by atoms with Gasteiger partial charge in [0.25, 0.3) is 0 Å². The maximum absolute atomic E-state index is 4.33. The second-order valence-corrected chi connectivity index (χ2v) is 5.09. The Morgan fingerprint density at radius 1 is 1.53 bits per heavy atom. The number of nitrogens with one attached hydrogen (secondary N) is 1. The van der Waals surface area contributed by atoms with Gasteiger partial charge in [-0.3, -0.25) is 0 Å². The summed E-state index contributed by atoms with van der Waals surface area (Å²) in [4.78, 5) is 4.33. The fourth-order valence-electron chi connectivity index (χ4n) is 1.35. The first kappa shape index (κ1) is 12.4. The number of aryl methyl sites for hydroxylation is 1. The maximum Gasteiger partial charge on any atom is 0.129 e. The minimum Gasteiger partial charge on any atom is -0.367 e. The molecular weight excluding hydrogens is 204 g/mol. The van der Waals surface area contributed by atoms with Gasteiger partial charge >= 0.3 is 0 Å². The van der Waals surface area contributed by atoms with Crippen molar-refractivity contribution in [3.05, 3.63) is 23.9 Å². The van der Waals surface area contributed by atoms with Crippen molar-refractivity contribution in [2.24, 2.45) is 0 Å². The molecule has 1 N–H and O–H groups in total. The lowest BCUT2D eigenvalue weighted by atomic mass is 10.2. The summed E-state index contributed by atoms with van der Waals surface area (Å²) in [5, 5.41) is 3.44. The third-order valence-electron chi connectivity index (χ3n) is 2.29. The van der Waals surface area contributed by atoms with Crippen LogP contribution in [0.5, 0.6) is 0 Å². The summed E-state index contributed by atoms with van der Waals surface area (Å²) in [5.74, 6) is 3.44. The molecule has 0 saturated heterocycles. The van der Waals surface area contributed by atoms with E-state index in [9.17, 15) is 0 Å². The number of thioether (sulfide) groups is 1. The largest absolute Gasteiger partial charge is 0.367 e. The van der Waals surface area contributed by atoms with Gasteiger partial charge in [0, 0.05) is 12.2 Å². The van der Waals surface area contributed by atoms with E-state index in [0.717, 1.165) is 5.82 Å². The molecule has 1 atom stereocenters. The van der Waals surface area contributed by atoms with Gasteiger partial charge in [0.05, 0.1) is 0 Å². The summed E-state index contributed by atoms with van der Waals surface area (Å²) >= 11 is 1.99. The van der Waals surface area contributed by atoms with Crippen LogP contribution in [0.4, 0.5) is 5.82 Å². The second kappa shape index (κ2) is 6.72. The average molecular weight is 224 g/mol. The lowest BCUT2D eigenvalue weighted by molar-refractivity contribution is 0.765. The molecule has 84 valence electrons. The van der Waals surface area contributed by atoms with E-state index >= 15 is 0 Å². The van der Waals surface area contributed by atoms with E-state index in [0.29, 0.717) is 6.04 Å². The number of rotatable bonds is 6. The molecular formula is C12H20N2S. The third-order valence-corrected chi connectivity index (χ3v) is 3.22. The smallest absolute Gasteiger partial charge is 0.129 e. The molecule has 1 aromatic rings. The molecule has 1 aromatic heterocycles. The lowest BCUT2D eigenvalue weighted by Crippen LogP contribution is -2.17. The quantitative estimate of drug-likeness (QED) is 0.750. The predicted molar refractivity (Wildman–Crippen MR) is 69.7 cm³/mol. The molecule has 0 amide bonds. The van der Waals surface area contributed by atoms with Crippen molar-refractivity contribution < 1.29 is 0 Å². The minimum atomic E-state index is 0.498. The highest BCUT2D eigenvalue weighted by Gasteiger charge is 2.04. The highest BCUT2D eigenvalue weighted by molar-refractivity contribution is 7.99. The van der Waals surface area contributed by atoms with Crippen LogP contribution in [0.2, 0.25) is 0 Å². The van der Waals surface area contributed by atoms with Crippen LogP contribution in [0.1, 0.15) is 25.8 Å². The Bertz CT molecular complexity index is 289. The number of hydrogen-bond donors (Lipinski definition) is 1. The molecule has 15 heavy (non-hydrogen) atoms. The van der Waals surface area contributed by atoms with E-state index in [4.69, 9.17) is 0 Å². The van der Waals surface area contributed by atoms with Crippen LogP contribution < -0.4 is 5.32 Å². The van der Waals surface area contributed by atoms with Crippen LogP contribution in [0.25, 0.3) is 0 Å². The monoisotopic (exact) mass is 224 g/mol. The van der Waals surface area contributed by atoms with Crippen LogP contribution in [0.3, 0.4) is 0 Å². The van der Waals surface area contributed by atoms with Gasteiger partial charge in [-0.05, 0) is 43.4 Å². The molecule has 3 heteroatoms. The van der Waals surface area contributed by atoms with E-state index < -0.39 is 0 Å². The molecule has 0 aliphatic carbocycles. The summed E-state index contributed by atoms with van der Waals surface area (Å²) < 4.78 is 0. The number of hydrogen-bond acceptors (Lipinski definition) is 3. The summed E-state index contributed by atoms with van der Waals surface area (Å²) in [6, 6.07) is 4.55. The Labute approximate surface area is 96.9 Å². The zero-order valence-electron chi connectivity index (χ0n) is 9.79. The Kier molecular flexibility index (Phi) is 5.54. The number of aromatic nitrogens is 1. The topological polar surface area (TPSA) is 24.9 Å². The Hall–Kier alpha value is -0.700. The van der Waals surface area contributed by atoms with E-state index in [1.807, 2.05) is 24.0 Å². The van der Waals surface area contributed by atoms with Crippen LogP contribution in [0.15, 0.2) is 18.3 Å². The van der Waals surface area contributed by atoms with E-state index in [1.165, 1.54) is 23.5 Å². The van der Waals surface area contributed by atoms with Gasteiger partial charge in [-0.25, -0.2) is 4.98 Å². The Balaban J connectivity index is 2.37. The maximum atomic E-state index is 4.33. The third kappa shape index (κ3) is 4.56. The van der Waals surface area contributed by atoms with Crippen molar-refractivity contribution in [2.45, 2.75) is 33.2 Å². The van der Waals surface area contributed by atoms with Crippen molar-refractivity contribution in [1.82, 2.24) is 4.98 Å². The van der Waals surface area contributed by atoms with Crippen molar-refractivity contribution in [1.29, 1.82) is 0 Å². The van der Waals surface area contributed by atoms with Crippen LogP contribution in [-0.2, 0) is 0 Å². The fourth-order valence-corrected chi connectivity index (χ4v) is 2.16. The summed E-state index contributed by atoms with van der Waals surface area (Å²) in [7, 11) is 0. The van der Waals surface area contributed by atoms with Crippen LogP contribution in [0, 0.1) is 6.92 Å². The molecule has 0 bridgehead atoms. The molecule has 0 aliphatic rings. The van der Waals surface area contributed by atoms with Gasteiger partial charge in [0.15, 0.2) is 0 Å². The van der Waals surface area contributed by atoms with E-state index in [2.05, 4.69) is 37.1 Å². The Morgan fingerprint density at radius 3 is 3.00 bits per heavy atom. The zero-order valence-corrected chi connectivity index (χ0v) is 10.6. The molecule has 0 spiro atoms. The number of anilines is 1. The van der Waals surface area contributed by atoms with Crippen molar-refractivity contribution in [3.63, 3.8) is 0 Å². The molecule has 1 rings (SSSR count). The first-order valence-electron chi connectivity index (χ1n) is 5.50. The van der Waals surface area contributed by atoms with Gasteiger partial charge in [-0.1, -0.05) is 13.0 Å². The Morgan fingerprint density at radius 2 is 2.33 bits per heavy atom. The highest BCUT2D eigenvalue weighted by atomic mass is 32.2. The minimum absolute atomic E-state index is 0.498. The summed E-state index contributed by atoms with van der Waals surface area (Å²) in [5.41, 5.74) is 1.22. The highest BCUT2D eigenvalue weighted by Crippen LogP contribution is 2.13. The first-order valence-corrected chi connectivity index (χ1v) is 6.65. The average Bonchev–Trinajstić information content (AvgIpc) is 2.22. The molecule has 0 saturated carbocycles. The summed E-state index contributed by atoms with van der Waals surface area (Å²) in [6.45, 7) is 6.50. The lowest BCUT2D eigenvalue weighted by Gasteiger charge is -2.15. The molecule has 1 unspecified atom stereocenters. The summed E-state index contributed by atoms with van der Waals surface area (Å²) in [6.07, 6.45) is 3.03. The van der Waals surface area contributed by atoms with Crippen molar-refractivity contribution in [3.8, 4) is 0 Å². The zero-order chi connectivity index (χ0) is 11.1.